The van der Waals surface area contributed by atoms with Crippen molar-refractivity contribution in [2.45, 2.75) is 32.9 Å². The molecule has 5 nitrogen and oxygen atoms in total. The van der Waals surface area contributed by atoms with Crippen LogP contribution in [0, 0.1) is 6.92 Å². The predicted molar refractivity (Wildman–Crippen MR) is 98.8 cm³/mol. The van der Waals surface area contributed by atoms with Crippen molar-refractivity contribution in [1.29, 1.82) is 0 Å². The van der Waals surface area contributed by atoms with E-state index in [9.17, 15) is 0 Å². The van der Waals surface area contributed by atoms with Crippen LogP contribution in [0.1, 0.15) is 23.1 Å². The van der Waals surface area contributed by atoms with Crippen LogP contribution in [0.25, 0.3) is 0 Å². The Morgan fingerprint density at radius 3 is 2.88 bits per heavy atom. The largest absolute Gasteiger partial charge is 0.378 e. The Kier molecular flexibility index (Phi) is 5.81. The number of hydrogen-bond acceptors (Lipinski definition) is 6. The highest BCUT2D eigenvalue weighted by Crippen LogP contribution is 2.24. The van der Waals surface area contributed by atoms with E-state index in [-0.39, 0.29) is 0 Å². The summed E-state index contributed by atoms with van der Waals surface area (Å²) in [7, 11) is 2.18. The fraction of sp³-hybridized carbons (Fsp3) is 0.556. The Bertz CT molecular complexity index is 654. The van der Waals surface area contributed by atoms with Crippen molar-refractivity contribution < 1.29 is 4.74 Å². The Balaban J connectivity index is 1.57. The van der Waals surface area contributed by atoms with Gasteiger partial charge in [0.25, 0.3) is 0 Å². The molecule has 3 rings (SSSR count). The summed E-state index contributed by atoms with van der Waals surface area (Å²) in [6, 6.07) is 4.57. The molecule has 24 heavy (non-hydrogen) atoms. The van der Waals surface area contributed by atoms with Gasteiger partial charge in [0.05, 0.1) is 13.2 Å². The number of anilines is 1. The molecule has 1 aliphatic heterocycles. The average molecular weight is 347 g/mol. The Hall–Kier alpha value is -1.50. The van der Waals surface area contributed by atoms with Gasteiger partial charge in [-0.15, -0.1) is 11.3 Å². The Morgan fingerprint density at radius 1 is 1.33 bits per heavy atom. The normalized spacial score (nSPS) is 16.6. The molecule has 1 fully saturated rings. The molecule has 2 aromatic heterocycles. The number of ether oxygens (including phenoxy) is 1. The van der Waals surface area contributed by atoms with Crippen LogP contribution >= 0.6 is 11.3 Å². The lowest BCUT2D eigenvalue weighted by molar-refractivity contribution is 0.122. The standard InChI is InChI=1S/C18H26N4OS/c1-14-5-4-6-19-17(14)11-15(2)21(3)13-16-12-20-18(24-16)22-7-9-23-10-8-22/h4-6,12,15H,7-11,13H2,1-3H3/t15-/m0/s1. The van der Waals surface area contributed by atoms with Crippen molar-refractivity contribution in [3.05, 3.63) is 40.7 Å². The van der Waals surface area contributed by atoms with Gasteiger partial charge in [0.1, 0.15) is 0 Å². The van der Waals surface area contributed by atoms with Crippen LogP contribution in [-0.4, -0.2) is 54.3 Å². The highest BCUT2D eigenvalue weighted by atomic mass is 32.1. The number of morpholine rings is 1. The van der Waals surface area contributed by atoms with E-state index in [4.69, 9.17) is 4.74 Å². The van der Waals surface area contributed by atoms with E-state index >= 15 is 0 Å². The number of aryl methyl sites for hydroxylation is 1. The molecule has 2 aromatic rings. The molecule has 130 valence electrons. The number of likely N-dealkylation sites (N-methyl/N-ethyl adjacent to an activating group) is 1. The maximum Gasteiger partial charge on any atom is 0.185 e. The number of pyridine rings is 1. The summed E-state index contributed by atoms with van der Waals surface area (Å²) in [5.41, 5.74) is 2.46. The first-order chi connectivity index (χ1) is 11.6. The summed E-state index contributed by atoms with van der Waals surface area (Å²) >= 11 is 1.80. The van der Waals surface area contributed by atoms with Crippen molar-refractivity contribution >= 4 is 16.5 Å². The first-order valence-electron chi connectivity index (χ1n) is 8.51. The fourth-order valence-corrected chi connectivity index (χ4v) is 3.87. The Morgan fingerprint density at radius 2 is 2.12 bits per heavy atom. The predicted octanol–water partition coefficient (Wildman–Crippen LogP) is 2.75. The van der Waals surface area contributed by atoms with Crippen LogP contribution in [0.3, 0.4) is 0 Å². The summed E-state index contributed by atoms with van der Waals surface area (Å²) in [6.45, 7) is 8.81. The van der Waals surface area contributed by atoms with Gasteiger partial charge in [-0.1, -0.05) is 6.07 Å². The third-order valence-corrected chi connectivity index (χ3v) is 5.63. The smallest absolute Gasteiger partial charge is 0.185 e. The lowest BCUT2D eigenvalue weighted by Crippen LogP contribution is -2.36. The summed E-state index contributed by atoms with van der Waals surface area (Å²) < 4.78 is 5.41. The van der Waals surface area contributed by atoms with Gasteiger partial charge in [0, 0.05) is 55.1 Å². The molecular weight excluding hydrogens is 320 g/mol. The second-order valence-electron chi connectivity index (χ2n) is 6.44. The van der Waals surface area contributed by atoms with Gasteiger partial charge >= 0.3 is 0 Å². The zero-order valence-electron chi connectivity index (χ0n) is 14.7. The third-order valence-electron chi connectivity index (χ3n) is 4.59. The zero-order valence-corrected chi connectivity index (χ0v) is 15.6. The van der Waals surface area contributed by atoms with Gasteiger partial charge in [-0.2, -0.15) is 0 Å². The van der Waals surface area contributed by atoms with Gasteiger partial charge < -0.3 is 9.64 Å². The minimum Gasteiger partial charge on any atom is -0.378 e. The van der Waals surface area contributed by atoms with Crippen LogP contribution in [0.5, 0.6) is 0 Å². The SMILES string of the molecule is Cc1cccnc1C[C@H](C)N(C)Cc1cnc(N2CCOCC2)s1. The van der Waals surface area contributed by atoms with E-state index in [1.807, 2.05) is 18.5 Å². The number of rotatable bonds is 6. The molecule has 3 heterocycles. The van der Waals surface area contributed by atoms with Crippen molar-refractivity contribution in [1.82, 2.24) is 14.9 Å². The Labute approximate surface area is 148 Å². The van der Waals surface area contributed by atoms with E-state index in [0.717, 1.165) is 44.4 Å². The minimum absolute atomic E-state index is 0.438. The number of nitrogens with zero attached hydrogens (tertiary/aromatic N) is 4. The zero-order chi connectivity index (χ0) is 16.9. The molecule has 1 aliphatic rings. The molecule has 0 aliphatic carbocycles. The van der Waals surface area contributed by atoms with Crippen molar-refractivity contribution in [2.24, 2.45) is 0 Å². The van der Waals surface area contributed by atoms with Gasteiger partial charge in [0.15, 0.2) is 5.13 Å². The monoisotopic (exact) mass is 346 g/mol. The van der Waals surface area contributed by atoms with Crippen LogP contribution in [-0.2, 0) is 17.7 Å². The first-order valence-corrected chi connectivity index (χ1v) is 9.33. The van der Waals surface area contributed by atoms with Gasteiger partial charge in [-0.05, 0) is 32.5 Å². The number of aromatic nitrogens is 2. The second kappa shape index (κ2) is 8.05. The number of hydrogen-bond donors (Lipinski definition) is 0. The maximum absolute atomic E-state index is 5.41. The molecule has 6 heteroatoms. The molecular formula is C18H26N4OS. The summed E-state index contributed by atoms with van der Waals surface area (Å²) in [5, 5.41) is 1.12. The lowest BCUT2D eigenvalue weighted by Gasteiger charge is -2.26. The molecule has 0 aromatic carbocycles. The van der Waals surface area contributed by atoms with E-state index in [1.54, 1.807) is 11.3 Å². The molecule has 0 unspecified atom stereocenters. The molecule has 0 radical (unpaired) electrons. The van der Waals surface area contributed by atoms with Crippen LogP contribution in [0.15, 0.2) is 24.5 Å². The van der Waals surface area contributed by atoms with Gasteiger partial charge in [-0.25, -0.2) is 4.98 Å². The van der Waals surface area contributed by atoms with Crippen molar-refractivity contribution in [2.75, 3.05) is 38.3 Å². The molecule has 0 saturated carbocycles. The maximum atomic E-state index is 5.41. The van der Waals surface area contributed by atoms with Gasteiger partial charge in [-0.3, -0.25) is 9.88 Å². The third kappa shape index (κ3) is 4.32. The van der Waals surface area contributed by atoms with Crippen LogP contribution < -0.4 is 4.90 Å². The quantitative estimate of drug-likeness (QED) is 0.804. The molecule has 1 saturated heterocycles. The van der Waals surface area contributed by atoms with E-state index < -0.39 is 0 Å². The minimum atomic E-state index is 0.438. The van der Waals surface area contributed by atoms with E-state index in [2.05, 4.69) is 46.7 Å². The topological polar surface area (TPSA) is 41.5 Å². The second-order valence-corrected chi connectivity index (χ2v) is 7.54. The summed E-state index contributed by atoms with van der Waals surface area (Å²) in [4.78, 5) is 15.1. The summed E-state index contributed by atoms with van der Waals surface area (Å²) in [6.07, 6.45) is 4.87. The molecule has 0 spiro atoms. The van der Waals surface area contributed by atoms with E-state index in [0.29, 0.717) is 6.04 Å². The van der Waals surface area contributed by atoms with Crippen LogP contribution in [0.2, 0.25) is 0 Å². The lowest BCUT2D eigenvalue weighted by atomic mass is 10.1. The number of thiazole rings is 1. The molecule has 1 atom stereocenters. The first kappa shape index (κ1) is 17.3. The highest BCUT2D eigenvalue weighted by Gasteiger charge is 2.17. The van der Waals surface area contributed by atoms with Gasteiger partial charge in [0.2, 0.25) is 0 Å². The van der Waals surface area contributed by atoms with Crippen molar-refractivity contribution in [3.63, 3.8) is 0 Å². The van der Waals surface area contributed by atoms with E-state index in [1.165, 1.54) is 16.1 Å². The molecule has 0 amide bonds. The van der Waals surface area contributed by atoms with Crippen LogP contribution in [0.4, 0.5) is 5.13 Å². The summed E-state index contributed by atoms with van der Waals surface area (Å²) in [5.74, 6) is 0. The highest BCUT2D eigenvalue weighted by molar-refractivity contribution is 7.15. The molecule has 0 bridgehead atoms. The molecule has 0 N–H and O–H groups in total. The van der Waals surface area contributed by atoms with Crippen molar-refractivity contribution in [3.8, 4) is 0 Å². The fourth-order valence-electron chi connectivity index (χ4n) is 2.84. The average Bonchev–Trinajstić information content (AvgIpc) is 3.06.